The molecule has 1 heterocycles. The lowest BCUT2D eigenvalue weighted by atomic mass is 10.1. The van der Waals surface area contributed by atoms with Crippen LogP contribution in [0, 0.1) is 0 Å². The molecular formula is C15H18N4O2. The summed E-state index contributed by atoms with van der Waals surface area (Å²) >= 11 is 0. The molecule has 110 valence electrons. The third-order valence-corrected chi connectivity index (χ3v) is 2.90. The van der Waals surface area contributed by atoms with Crippen LogP contribution in [-0.4, -0.2) is 34.3 Å². The fraction of sp³-hybridized carbons (Fsp3) is 0.267. The molecule has 1 amide bonds. The van der Waals surface area contributed by atoms with E-state index in [4.69, 9.17) is 0 Å². The predicted octanol–water partition coefficient (Wildman–Crippen LogP) is 1.37. The van der Waals surface area contributed by atoms with E-state index in [1.807, 2.05) is 37.3 Å². The quantitative estimate of drug-likeness (QED) is 0.746. The summed E-state index contributed by atoms with van der Waals surface area (Å²) in [5.41, 5.74) is 1.10. The van der Waals surface area contributed by atoms with Gasteiger partial charge in [-0.05, 0) is 24.6 Å². The van der Waals surface area contributed by atoms with Crippen molar-refractivity contribution in [2.45, 2.75) is 13.0 Å². The molecular weight excluding hydrogens is 268 g/mol. The van der Waals surface area contributed by atoms with Crippen LogP contribution in [0.1, 0.15) is 29.1 Å². The molecule has 1 aromatic heterocycles. The van der Waals surface area contributed by atoms with Crippen LogP contribution in [0.4, 0.5) is 5.82 Å². The molecule has 0 saturated carbocycles. The fourth-order valence-electron chi connectivity index (χ4n) is 1.79. The number of aliphatic hydroxyl groups is 1. The SMILES string of the molecule is CCNC(=O)c1ccc(NCC(O)c2ccccc2)nn1. The monoisotopic (exact) mass is 286 g/mol. The Kier molecular flexibility index (Phi) is 5.22. The number of nitrogens with one attached hydrogen (secondary N) is 2. The van der Waals surface area contributed by atoms with Gasteiger partial charge in [-0.25, -0.2) is 0 Å². The first kappa shape index (κ1) is 14.9. The number of amides is 1. The highest BCUT2D eigenvalue weighted by atomic mass is 16.3. The largest absolute Gasteiger partial charge is 0.387 e. The number of rotatable bonds is 6. The van der Waals surface area contributed by atoms with Crippen LogP contribution >= 0.6 is 0 Å². The molecule has 2 rings (SSSR count). The van der Waals surface area contributed by atoms with Crippen molar-refractivity contribution in [3.8, 4) is 0 Å². The van der Waals surface area contributed by atoms with Crippen molar-refractivity contribution < 1.29 is 9.90 Å². The Morgan fingerprint density at radius 1 is 1.19 bits per heavy atom. The number of hydrogen-bond donors (Lipinski definition) is 3. The van der Waals surface area contributed by atoms with Crippen molar-refractivity contribution >= 4 is 11.7 Å². The van der Waals surface area contributed by atoms with Gasteiger partial charge in [0.1, 0.15) is 5.82 Å². The number of carbonyl (C=O) groups excluding carboxylic acids is 1. The molecule has 6 nitrogen and oxygen atoms in total. The first-order chi connectivity index (χ1) is 10.2. The molecule has 0 radical (unpaired) electrons. The van der Waals surface area contributed by atoms with Crippen LogP contribution in [0.15, 0.2) is 42.5 Å². The van der Waals surface area contributed by atoms with Crippen molar-refractivity contribution in [3.05, 3.63) is 53.7 Å². The van der Waals surface area contributed by atoms with Gasteiger partial charge in [-0.2, -0.15) is 0 Å². The predicted molar refractivity (Wildman–Crippen MR) is 79.9 cm³/mol. The first-order valence-corrected chi connectivity index (χ1v) is 6.79. The number of anilines is 1. The Morgan fingerprint density at radius 2 is 1.95 bits per heavy atom. The smallest absolute Gasteiger partial charge is 0.271 e. The Bertz CT molecular complexity index is 572. The van der Waals surface area contributed by atoms with Gasteiger partial charge in [0.25, 0.3) is 5.91 Å². The normalized spacial score (nSPS) is 11.7. The van der Waals surface area contributed by atoms with E-state index in [0.29, 0.717) is 18.9 Å². The minimum absolute atomic E-state index is 0.249. The molecule has 0 spiro atoms. The van der Waals surface area contributed by atoms with Gasteiger partial charge in [-0.1, -0.05) is 30.3 Å². The molecule has 2 aromatic rings. The number of carbonyl (C=O) groups is 1. The number of benzene rings is 1. The van der Waals surface area contributed by atoms with E-state index >= 15 is 0 Å². The lowest BCUT2D eigenvalue weighted by Gasteiger charge is -2.12. The molecule has 0 aliphatic heterocycles. The minimum atomic E-state index is -0.629. The van der Waals surface area contributed by atoms with Crippen molar-refractivity contribution in [1.29, 1.82) is 0 Å². The number of nitrogens with zero attached hydrogens (tertiary/aromatic N) is 2. The highest BCUT2D eigenvalue weighted by Crippen LogP contribution is 2.12. The summed E-state index contributed by atoms with van der Waals surface area (Å²) < 4.78 is 0. The Morgan fingerprint density at radius 3 is 2.57 bits per heavy atom. The van der Waals surface area contributed by atoms with Gasteiger partial charge in [0.05, 0.1) is 6.10 Å². The van der Waals surface area contributed by atoms with Crippen LogP contribution < -0.4 is 10.6 Å². The van der Waals surface area contributed by atoms with Crippen molar-refractivity contribution in [1.82, 2.24) is 15.5 Å². The molecule has 21 heavy (non-hydrogen) atoms. The summed E-state index contributed by atoms with van der Waals surface area (Å²) in [5.74, 6) is 0.263. The summed E-state index contributed by atoms with van der Waals surface area (Å²) in [6, 6.07) is 12.6. The second kappa shape index (κ2) is 7.35. The average molecular weight is 286 g/mol. The molecule has 6 heteroatoms. The van der Waals surface area contributed by atoms with E-state index in [-0.39, 0.29) is 11.6 Å². The van der Waals surface area contributed by atoms with Gasteiger partial charge >= 0.3 is 0 Å². The first-order valence-electron chi connectivity index (χ1n) is 6.79. The van der Waals surface area contributed by atoms with E-state index in [0.717, 1.165) is 5.56 Å². The highest BCUT2D eigenvalue weighted by Gasteiger charge is 2.09. The summed E-state index contributed by atoms with van der Waals surface area (Å²) in [6.45, 7) is 2.70. The summed E-state index contributed by atoms with van der Waals surface area (Å²) in [6.07, 6.45) is -0.629. The molecule has 1 atom stereocenters. The van der Waals surface area contributed by atoms with Crippen LogP contribution in [0.25, 0.3) is 0 Å². The second-order valence-corrected chi connectivity index (χ2v) is 4.47. The van der Waals surface area contributed by atoms with Gasteiger partial charge in [0.2, 0.25) is 0 Å². The van der Waals surface area contributed by atoms with E-state index in [1.165, 1.54) is 0 Å². The fourth-order valence-corrected chi connectivity index (χ4v) is 1.79. The maximum absolute atomic E-state index is 11.5. The Labute approximate surface area is 123 Å². The molecule has 3 N–H and O–H groups in total. The third-order valence-electron chi connectivity index (χ3n) is 2.90. The maximum atomic E-state index is 11.5. The summed E-state index contributed by atoms with van der Waals surface area (Å²) in [5, 5.41) is 23.4. The van der Waals surface area contributed by atoms with E-state index in [1.54, 1.807) is 12.1 Å². The van der Waals surface area contributed by atoms with Crippen LogP contribution in [0.5, 0.6) is 0 Å². The molecule has 1 unspecified atom stereocenters. The lowest BCUT2D eigenvalue weighted by molar-refractivity contribution is 0.0950. The van der Waals surface area contributed by atoms with Crippen molar-refractivity contribution in [3.63, 3.8) is 0 Å². The minimum Gasteiger partial charge on any atom is -0.387 e. The summed E-state index contributed by atoms with van der Waals surface area (Å²) in [7, 11) is 0. The molecule has 0 bridgehead atoms. The second-order valence-electron chi connectivity index (χ2n) is 4.47. The molecule has 1 aromatic carbocycles. The average Bonchev–Trinajstić information content (AvgIpc) is 2.54. The van der Waals surface area contributed by atoms with Gasteiger partial charge in [-0.15, -0.1) is 10.2 Å². The van der Waals surface area contributed by atoms with Gasteiger partial charge in [-0.3, -0.25) is 4.79 Å². The molecule has 0 aliphatic carbocycles. The zero-order chi connectivity index (χ0) is 15.1. The number of hydrogen-bond acceptors (Lipinski definition) is 5. The third kappa shape index (κ3) is 4.25. The van der Waals surface area contributed by atoms with Crippen molar-refractivity contribution in [2.24, 2.45) is 0 Å². The Balaban J connectivity index is 1.90. The van der Waals surface area contributed by atoms with Crippen molar-refractivity contribution in [2.75, 3.05) is 18.4 Å². The zero-order valence-electron chi connectivity index (χ0n) is 11.8. The van der Waals surface area contributed by atoms with Crippen LogP contribution in [0.3, 0.4) is 0 Å². The standard InChI is InChI=1S/C15H18N4O2/c1-2-16-15(21)12-8-9-14(19-18-12)17-10-13(20)11-6-4-3-5-7-11/h3-9,13,20H,2,10H2,1H3,(H,16,21)(H,17,19). The van der Waals surface area contributed by atoms with E-state index < -0.39 is 6.10 Å². The van der Waals surface area contributed by atoms with Gasteiger partial charge in [0.15, 0.2) is 5.69 Å². The molecule has 0 aliphatic rings. The van der Waals surface area contributed by atoms with Gasteiger partial charge < -0.3 is 15.7 Å². The van der Waals surface area contributed by atoms with E-state index in [2.05, 4.69) is 20.8 Å². The van der Waals surface area contributed by atoms with Crippen LogP contribution in [0.2, 0.25) is 0 Å². The molecule has 0 saturated heterocycles. The molecule has 0 fully saturated rings. The number of aromatic nitrogens is 2. The lowest BCUT2D eigenvalue weighted by Crippen LogP contribution is -2.24. The Hall–Kier alpha value is -2.47. The topological polar surface area (TPSA) is 87.1 Å². The maximum Gasteiger partial charge on any atom is 0.271 e. The van der Waals surface area contributed by atoms with Crippen LogP contribution in [-0.2, 0) is 0 Å². The highest BCUT2D eigenvalue weighted by molar-refractivity contribution is 5.92. The number of aliphatic hydroxyl groups excluding tert-OH is 1. The zero-order valence-corrected chi connectivity index (χ0v) is 11.8. The summed E-state index contributed by atoms with van der Waals surface area (Å²) in [4.78, 5) is 11.5. The van der Waals surface area contributed by atoms with Gasteiger partial charge in [0, 0.05) is 13.1 Å². The van der Waals surface area contributed by atoms with E-state index in [9.17, 15) is 9.90 Å².